The summed E-state index contributed by atoms with van der Waals surface area (Å²) in [7, 11) is 0. The number of rotatable bonds is 3. The molecule has 3 heteroatoms. The molecule has 0 radical (unpaired) electrons. The van der Waals surface area contributed by atoms with Crippen molar-refractivity contribution in [2.45, 2.75) is 38.5 Å². The monoisotopic (exact) mass is 266 g/mol. The molecule has 0 spiro atoms. The van der Waals surface area contributed by atoms with Gasteiger partial charge in [0.05, 0.1) is 5.92 Å². The van der Waals surface area contributed by atoms with E-state index in [1.165, 1.54) is 0 Å². The first-order valence-electron chi connectivity index (χ1n) is 6.60. The minimum Gasteiger partial charge on any atom is -0.481 e. The van der Waals surface area contributed by atoms with Crippen molar-refractivity contribution in [2.24, 2.45) is 11.8 Å². The Bertz CT molecular complexity index is 430. The van der Waals surface area contributed by atoms with Gasteiger partial charge in [-0.2, -0.15) is 0 Å². The van der Waals surface area contributed by atoms with Crippen LogP contribution in [0, 0.1) is 11.8 Å². The van der Waals surface area contributed by atoms with Crippen LogP contribution in [0.5, 0.6) is 0 Å². The van der Waals surface area contributed by atoms with E-state index in [4.69, 9.17) is 11.6 Å². The Hall–Kier alpha value is -1.02. The first kappa shape index (κ1) is 13.4. The van der Waals surface area contributed by atoms with Gasteiger partial charge in [-0.15, -0.1) is 0 Å². The number of carboxylic acids is 1. The summed E-state index contributed by atoms with van der Waals surface area (Å²) in [6.07, 6.45) is 3.91. The summed E-state index contributed by atoms with van der Waals surface area (Å²) in [6, 6.07) is 7.66. The van der Waals surface area contributed by atoms with Crippen molar-refractivity contribution in [3.8, 4) is 0 Å². The van der Waals surface area contributed by atoms with Crippen LogP contribution in [0.25, 0.3) is 0 Å². The topological polar surface area (TPSA) is 37.3 Å². The van der Waals surface area contributed by atoms with Gasteiger partial charge >= 0.3 is 5.97 Å². The summed E-state index contributed by atoms with van der Waals surface area (Å²) in [5, 5.41) is 10.1. The van der Waals surface area contributed by atoms with Crippen LogP contribution in [-0.4, -0.2) is 11.1 Å². The van der Waals surface area contributed by atoms with E-state index in [-0.39, 0.29) is 11.8 Å². The molecule has 0 aliphatic heterocycles. The first-order valence-corrected chi connectivity index (χ1v) is 6.98. The Morgan fingerprint density at radius 3 is 2.83 bits per heavy atom. The molecule has 2 rings (SSSR count). The molecule has 1 fully saturated rings. The van der Waals surface area contributed by atoms with Gasteiger partial charge in [0.2, 0.25) is 0 Å². The van der Waals surface area contributed by atoms with Crippen molar-refractivity contribution < 1.29 is 9.90 Å². The highest BCUT2D eigenvalue weighted by Crippen LogP contribution is 2.42. The van der Waals surface area contributed by atoms with E-state index in [0.717, 1.165) is 31.2 Å². The smallest absolute Gasteiger partial charge is 0.307 e. The van der Waals surface area contributed by atoms with Crippen LogP contribution in [0.2, 0.25) is 5.02 Å². The fraction of sp³-hybridized carbons (Fsp3) is 0.533. The second-order valence-electron chi connectivity index (χ2n) is 5.19. The Morgan fingerprint density at radius 1 is 1.44 bits per heavy atom. The Morgan fingerprint density at radius 2 is 2.22 bits per heavy atom. The molecule has 2 nitrogen and oxygen atoms in total. The van der Waals surface area contributed by atoms with E-state index in [2.05, 4.69) is 6.92 Å². The third-order valence-electron chi connectivity index (χ3n) is 4.13. The molecular formula is C15H19ClO2. The lowest BCUT2D eigenvalue weighted by Crippen LogP contribution is -2.29. The quantitative estimate of drug-likeness (QED) is 0.884. The number of hydrogen-bond acceptors (Lipinski definition) is 1. The summed E-state index contributed by atoms with van der Waals surface area (Å²) >= 11 is 6.01. The van der Waals surface area contributed by atoms with Gasteiger partial charge in [0, 0.05) is 5.02 Å². The second-order valence-corrected chi connectivity index (χ2v) is 5.63. The molecule has 0 amide bonds. The number of halogens is 1. The van der Waals surface area contributed by atoms with E-state index in [1.54, 1.807) is 0 Å². The van der Waals surface area contributed by atoms with Gasteiger partial charge in [-0.3, -0.25) is 4.79 Å². The van der Waals surface area contributed by atoms with Crippen molar-refractivity contribution in [1.82, 2.24) is 0 Å². The summed E-state index contributed by atoms with van der Waals surface area (Å²) in [5.41, 5.74) is 1.08. The van der Waals surface area contributed by atoms with Crippen LogP contribution >= 0.6 is 11.6 Å². The summed E-state index contributed by atoms with van der Waals surface area (Å²) in [5.74, 6) is -0.176. The van der Waals surface area contributed by atoms with Crippen molar-refractivity contribution in [1.29, 1.82) is 0 Å². The number of benzene rings is 1. The number of aliphatic carboxylic acids is 1. The second kappa shape index (κ2) is 5.75. The molecule has 1 aromatic carbocycles. The van der Waals surface area contributed by atoms with Crippen LogP contribution in [0.15, 0.2) is 24.3 Å². The SMILES string of the molecule is CCC1CCC(C(=O)O)C(c2cccc(Cl)c2)C1. The molecular weight excluding hydrogens is 248 g/mol. The van der Waals surface area contributed by atoms with Crippen LogP contribution < -0.4 is 0 Å². The third-order valence-corrected chi connectivity index (χ3v) is 4.37. The van der Waals surface area contributed by atoms with Gasteiger partial charge in [-0.25, -0.2) is 0 Å². The van der Waals surface area contributed by atoms with Crippen LogP contribution in [-0.2, 0) is 4.79 Å². The number of carboxylic acid groups (broad SMARTS) is 1. The average molecular weight is 267 g/mol. The van der Waals surface area contributed by atoms with Crippen LogP contribution in [0.4, 0.5) is 0 Å². The van der Waals surface area contributed by atoms with Gasteiger partial charge in [0.1, 0.15) is 0 Å². The molecule has 0 bridgehead atoms. The lowest BCUT2D eigenvalue weighted by atomic mass is 9.70. The Kier molecular flexibility index (Phi) is 4.28. The Labute approximate surface area is 113 Å². The van der Waals surface area contributed by atoms with E-state index in [1.807, 2.05) is 24.3 Å². The number of carbonyl (C=O) groups is 1. The van der Waals surface area contributed by atoms with Crippen molar-refractivity contribution >= 4 is 17.6 Å². The highest BCUT2D eigenvalue weighted by atomic mass is 35.5. The fourth-order valence-corrected chi connectivity index (χ4v) is 3.23. The minimum atomic E-state index is -0.672. The maximum absolute atomic E-state index is 11.4. The maximum atomic E-state index is 11.4. The summed E-state index contributed by atoms with van der Waals surface area (Å²) < 4.78 is 0. The number of hydrogen-bond donors (Lipinski definition) is 1. The largest absolute Gasteiger partial charge is 0.481 e. The normalized spacial score (nSPS) is 28.0. The first-order chi connectivity index (χ1) is 8.61. The van der Waals surface area contributed by atoms with Crippen molar-refractivity contribution in [2.75, 3.05) is 0 Å². The third kappa shape index (κ3) is 2.86. The average Bonchev–Trinajstić information content (AvgIpc) is 2.38. The highest BCUT2D eigenvalue weighted by molar-refractivity contribution is 6.30. The lowest BCUT2D eigenvalue weighted by Gasteiger charge is -2.34. The van der Waals surface area contributed by atoms with Gasteiger partial charge in [-0.1, -0.05) is 37.1 Å². The highest BCUT2D eigenvalue weighted by Gasteiger charge is 2.35. The van der Waals surface area contributed by atoms with Crippen molar-refractivity contribution in [3.63, 3.8) is 0 Å². The molecule has 0 heterocycles. The van der Waals surface area contributed by atoms with Gasteiger partial charge in [-0.05, 0) is 48.8 Å². The summed E-state index contributed by atoms with van der Waals surface area (Å²) in [4.78, 5) is 11.4. The zero-order valence-corrected chi connectivity index (χ0v) is 11.4. The van der Waals surface area contributed by atoms with Gasteiger partial charge in [0.15, 0.2) is 0 Å². The van der Waals surface area contributed by atoms with Gasteiger partial charge < -0.3 is 5.11 Å². The maximum Gasteiger partial charge on any atom is 0.307 e. The van der Waals surface area contributed by atoms with Crippen molar-refractivity contribution in [3.05, 3.63) is 34.9 Å². The zero-order chi connectivity index (χ0) is 13.1. The van der Waals surface area contributed by atoms with Crippen LogP contribution in [0.3, 0.4) is 0 Å². The lowest BCUT2D eigenvalue weighted by molar-refractivity contribution is -0.143. The molecule has 3 unspecified atom stereocenters. The molecule has 0 saturated heterocycles. The molecule has 1 aliphatic carbocycles. The zero-order valence-electron chi connectivity index (χ0n) is 10.6. The molecule has 98 valence electrons. The predicted octanol–water partition coefficient (Wildman–Crippen LogP) is 4.33. The molecule has 1 aliphatic rings. The summed E-state index contributed by atoms with van der Waals surface area (Å²) in [6.45, 7) is 2.18. The van der Waals surface area contributed by atoms with E-state index in [0.29, 0.717) is 10.9 Å². The van der Waals surface area contributed by atoms with Gasteiger partial charge in [0.25, 0.3) is 0 Å². The molecule has 3 atom stereocenters. The molecule has 0 aromatic heterocycles. The minimum absolute atomic E-state index is 0.111. The fourth-order valence-electron chi connectivity index (χ4n) is 3.03. The Balaban J connectivity index is 2.27. The molecule has 18 heavy (non-hydrogen) atoms. The standard InChI is InChI=1S/C15H19ClO2/c1-2-10-6-7-13(15(17)18)14(8-10)11-4-3-5-12(16)9-11/h3-5,9-10,13-14H,2,6-8H2,1H3,(H,17,18). The predicted molar refractivity (Wildman–Crippen MR) is 73.0 cm³/mol. The molecule has 1 N–H and O–H groups in total. The van der Waals surface area contributed by atoms with E-state index < -0.39 is 5.97 Å². The molecule has 1 aromatic rings. The molecule has 1 saturated carbocycles. The van der Waals surface area contributed by atoms with Crippen LogP contribution in [0.1, 0.15) is 44.1 Å². The van der Waals surface area contributed by atoms with E-state index >= 15 is 0 Å². The van der Waals surface area contributed by atoms with E-state index in [9.17, 15) is 9.90 Å².